The smallest absolute Gasteiger partial charge is 0.310 e. The van der Waals surface area contributed by atoms with Crippen molar-refractivity contribution in [1.82, 2.24) is 0 Å². The molecule has 0 N–H and O–H groups in total. The molecule has 0 unspecified atom stereocenters. The average molecular weight is 254 g/mol. The van der Waals surface area contributed by atoms with Crippen LogP contribution in [0.2, 0.25) is 0 Å². The normalized spacial score (nSPS) is 10.2. The molecular weight excluding hydrogens is 236 g/mol. The molecule has 2 heteroatoms. The molecule has 98 valence electrons. The Morgan fingerprint density at radius 2 is 1.58 bits per heavy atom. The van der Waals surface area contributed by atoms with E-state index in [2.05, 4.69) is 13.0 Å². The maximum Gasteiger partial charge on any atom is 0.310 e. The minimum absolute atomic E-state index is 0.176. The largest absolute Gasteiger partial charge is 0.461 e. The first-order valence-corrected chi connectivity index (χ1v) is 6.56. The fourth-order valence-electron chi connectivity index (χ4n) is 2.02. The highest BCUT2D eigenvalue weighted by Crippen LogP contribution is 2.11. The Balaban J connectivity index is 1.91. The van der Waals surface area contributed by atoms with Crippen molar-refractivity contribution in [3.63, 3.8) is 0 Å². The first-order valence-electron chi connectivity index (χ1n) is 6.56. The number of carbonyl (C=O) groups excluding carboxylic acids is 1. The second-order valence-electron chi connectivity index (χ2n) is 4.45. The van der Waals surface area contributed by atoms with E-state index in [-0.39, 0.29) is 5.97 Å². The van der Waals surface area contributed by atoms with Gasteiger partial charge in [-0.05, 0) is 23.1 Å². The molecule has 0 heterocycles. The van der Waals surface area contributed by atoms with Crippen LogP contribution in [-0.2, 0) is 29.0 Å². The minimum Gasteiger partial charge on any atom is -0.461 e. The quantitative estimate of drug-likeness (QED) is 0.763. The van der Waals surface area contributed by atoms with E-state index in [4.69, 9.17) is 4.74 Å². The van der Waals surface area contributed by atoms with Crippen molar-refractivity contribution in [2.24, 2.45) is 0 Å². The van der Waals surface area contributed by atoms with Crippen LogP contribution < -0.4 is 0 Å². The number of carbonyl (C=O) groups is 1. The van der Waals surface area contributed by atoms with Gasteiger partial charge in [-0.15, -0.1) is 0 Å². The number of esters is 1. The molecule has 0 amide bonds. The molecule has 19 heavy (non-hydrogen) atoms. The van der Waals surface area contributed by atoms with Crippen molar-refractivity contribution in [3.05, 3.63) is 71.3 Å². The number of rotatable bonds is 5. The Morgan fingerprint density at radius 3 is 2.26 bits per heavy atom. The summed E-state index contributed by atoms with van der Waals surface area (Å²) in [7, 11) is 0. The van der Waals surface area contributed by atoms with Gasteiger partial charge in [0.05, 0.1) is 6.42 Å². The van der Waals surface area contributed by atoms with Crippen LogP contribution in [0, 0.1) is 0 Å². The zero-order chi connectivity index (χ0) is 13.5. The van der Waals surface area contributed by atoms with Crippen LogP contribution in [-0.4, -0.2) is 5.97 Å². The summed E-state index contributed by atoms with van der Waals surface area (Å²) in [6, 6.07) is 17.7. The first-order chi connectivity index (χ1) is 9.29. The lowest BCUT2D eigenvalue weighted by molar-refractivity contribution is -0.144. The summed E-state index contributed by atoms with van der Waals surface area (Å²) in [6.07, 6.45) is 1.28. The van der Waals surface area contributed by atoms with Crippen LogP contribution in [0.25, 0.3) is 0 Å². The van der Waals surface area contributed by atoms with E-state index in [9.17, 15) is 4.79 Å². The fourth-order valence-corrected chi connectivity index (χ4v) is 2.02. The summed E-state index contributed by atoms with van der Waals surface area (Å²) < 4.78 is 5.29. The van der Waals surface area contributed by atoms with Gasteiger partial charge < -0.3 is 4.74 Å². The molecule has 0 fully saturated rings. The van der Waals surface area contributed by atoms with Gasteiger partial charge in [-0.1, -0.05) is 61.5 Å². The molecule has 0 spiro atoms. The molecule has 2 aromatic rings. The second kappa shape index (κ2) is 6.74. The summed E-state index contributed by atoms with van der Waals surface area (Å²) >= 11 is 0. The van der Waals surface area contributed by atoms with Crippen LogP contribution >= 0.6 is 0 Å². The lowest BCUT2D eigenvalue weighted by atomic mass is 10.0. The van der Waals surface area contributed by atoms with E-state index in [1.54, 1.807) is 0 Å². The topological polar surface area (TPSA) is 26.3 Å². The molecule has 2 aromatic carbocycles. The van der Waals surface area contributed by atoms with Gasteiger partial charge >= 0.3 is 5.97 Å². The number of ether oxygens (including phenoxy) is 1. The van der Waals surface area contributed by atoms with Crippen LogP contribution in [0.1, 0.15) is 23.6 Å². The number of benzene rings is 2. The summed E-state index contributed by atoms with van der Waals surface area (Å²) in [6.45, 7) is 2.43. The Bertz CT molecular complexity index is 532. The Kier molecular flexibility index (Phi) is 4.73. The predicted molar refractivity (Wildman–Crippen MR) is 75.8 cm³/mol. The van der Waals surface area contributed by atoms with E-state index in [1.165, 1.54) is 5.56 Å². The van der Waals surface area contributed by atoms with Gasteiger partial charge in [-0.25, -0.2) is 0 Å². The van der Waals surface area contributed by atoms with Gasteiger partial charge in [-0.3, -0.25) is 4.79 Å². The van der Waals surface area contributed by atoms with E-state index in [0.717, 1.165) is 17.5 Å². The van der Waals surface area contributed by atoms with E-state index in [1.807, 2.05) is 48.5 Å². The van der Waals surface area contributed by atoms with Crippen molar-refractivity contribution in [3.8, 4) is 0 Å². The molecule has 0 bridgehead atoms. The van der Waals surface area contributed by atoms with Gasteiger partial charge in [0, 0.05) is 0 Å². The summed E-state index contributed by atoms with van der Waals surface area (Å²) in [5, 5.41) is 0. The van der Waals surface area contributed by atoms with Crippen LogP contribution in [0.15, 0.2) is 54.6 Å². The van der Waals surface area contributed by atoms with Crippen molar-refractivity contribution in [2.45, 2.75) is 26.4 Å². The third-order valence-corrected chi connectivity index (χ3v) is 3.08. The lowest BCUT2D eigenvalue weighted by Gasteiger charge is -2.08. The third-order valence-electron chi connectivity index (χ3n) is 3.08. The number of hydrogen-bond donors (Lipinski definition) is 0. The molecule has 0 radical (unpaired) electrons. The van der Waals surface area contributed by atoms with Gasteiger partial charge in [0.15, 0.2) is 0 Å². The molecule has 0 aliphatic rings. The monoisotopic (exact) mass is 254 g/mol. The number of aryl methyl sites for hydroxylation is 1. The Morgan fingerprint density at radius 1 is 0.947 bits per heavy atom. The predicted octanol–water partition coefficient (Wildman–Crippen LogP) is 3.53. The molecule has 0 aliphatic heterocycles. The standard InChI is InChI=1S/C17H18O2/c1-2-15-10-6-7-11-16(15)12-17(18)19-13-14-8-4-3-5-9-14/h3-11H,2,12-13H2,1H3. The van der Waals surface area contributed by atoms with Gasteiger partial charge in [0.25, 0.3) is 0 Å². The zero-order valence-corrected chi connectivity index (χ0v) is 11.1. The zero-order valence-electron chi connectivity index (χ0n) is 11.1. The molecule has 0 saturated carbocycles. The minimum atomic E-state index is -0.176. The molecule has 2 rings (SSSR count). The summed E-state index contributed by atoms with van der Waals surface area (Å²) in [5.41, 5.74) is 3.28. The van der Waals surface area contributed by atoms with Gasteiger partial charge in [0.1, 0.15) is 6.61 Å². The van der Waals surface area contributed by atoms with Crippen LogP contribution in [0.5, 0.6) is 0 Å². The highest BCUT2D eigenvalue weighted by Gasteiger charge is 2.08. The molecule has 0 atom stereocenters. The maximum atomic E-state index is 11.8. The summed E-state index contributed by atoms with van der Waals surface area (Å²) in [5.74, 6) is -0.176. The molecule has 0 aromatic heterocycles. The SMILES string of the molecule is CCc1ccccc1CC(=O)OCc1ccccc1. The van der Waals surface area contributed by atoms with E-state index in [0.29, 0.717) is 13.0 Å². The molecule has 0 aliphatic carbocycles. The fraction of sp³-hybridized carbons (Fsp3) is 0.235. The van der Waals surface area contributed by atoms with Crippen LogP contribution in [0.4, 0.5) is 0 Å². The number of hydrogen-bond acceptors (Lipinski definition) is 2. The van der Waals surface area contributed by atoms with Gasteiger partial charge in [-0.2, -0.15) is 0 Å². The molecule has 2 nitrogen and oxygen atoms in total. The van der Waals surface area contributed by atoms with Crippen LogP contribution in [0.3, 0.4) is 0 Å². The molecule has 0 saturated heterocycles. The lowest BCUT2D eigenvalue weighted by Crippen LogP contribution is -2.09. The maximum absolute atomic E-state index is 11.8. The third kappa shape index (κ3) is 3.95. The Labute approximate surface area is 114 Å². The van der Waals surface area contributed by atoms with Crippen molar-refractivity contribution in [2.75, 3.05) is 0 Å². The first kappa shape index (κ1) is 13.3. The van der Waals surface area contributed by atoms with Gasteiger partial charge in [0.2, 0.25) is 0 Å². The van der Waals surface area contributed by atoms with Crippen molar-refractivity contribution in [1.29, 1.82) is 0 Å². The summed E-state index contributed by atoms with van der Waals surface area (Å²) in [4.78, 5) is 11.8. The highest BCUT2D eigenvalue weighted by molar-refractivity contribution is 5.73. The van der Waals surface area contributed by atoms with E-state index >= 15 is 0 Å². The second-order valence-corrected chi connectivity index (χ2v) is 4.45. The van der Waals surface area contributed by atoms with E-state index < -0.39 is 0 Å². The average Bonchev–Trinajstić information content (AvgIpc) is 2.47. The molecular formula is C17H18O2. The van der Waals surface area contributed by atoms with Crippen molar-refractivity contribution >= 4 is 5.97 Å². The van der Waals surface area contributed by atoms with Crippen molar-refractivity contribution < 1.29 is 9.53 Å². The Hall–Kier alpha value is -2.09. The highest BCUT2D eigenvalue weighted by atomic mass is 16.5.